The molecule has 1 N–H and O–H groups in total. The zero-order valence-electron chi connectivity index (χ0n) is 10.4. The summed E-state index contributed by atoms with van der Waals surface area (Å²) in [6, 6.07) is 8.90. The SMILES string of the molecule is CSC(C)(C)CNC(C)c1ccc(Br)cc1. The molecule has 1 rings (SSSR count). The summed E-state index contributed by atoms with van der Waals surface area (Å²) in [5.41, 5.74) is 1.33. The zero-order chi connectivity index (χ0) is 12.2. The predicted octanol–water partition coefficient (Wildman–Crippen LogP) is 4.24. The molecule has 90 valence electrons. The van der Waals surface area contributed by atoms with Crippen molar-refractivity contribution in [2.24, 2.45) is 0 Å². The summed E-state index contributed by atoms with van der Waals surface area (Å²) in [6.07, 6.45) is 2.16. The van der Waals surface area contributed by atoms with Crippen molar-refractivity contribution in [3.8, 4) is 0 Å². The molecule has 0 radical (unpaired) electrons. The van der Waals surface area contributed by atoms with Gasteiger partial charge in [0.2, 0.25) is 0 Å². The lowest BCUT2D eigenvalue weighted by Gasteiger charge is -2.25. The monoisotopic (exact) mass is 301 g/mol. The van der Waals surface area contributed by atoms with Gasteiger partial charge in [-0.2, -0.15) is 11.8 Å². The van der Waals surface area contributed by atoms with Gasteiger partial charge in [0.1, 0.15) is 0 Å². The van der Waals surface area contributed by atoms with Crippen LogP contribution >= 0.6 is 27.7 Å². The molecule has 1 atom stereocenters. The lowest BCUT2D eigenvalue weighted by atomic mass is 10.1. The number of hydrogen-bond donors (Lipinski definition) is 1. The van der Waals surface area contributed by atoms with Crippen LogP contribution in [-0.4, -0.2) is 17.5 Å². The maximum atomic E-state index is 3.57. The number of benzene rings is 1. The number of thioether (sulfide) groups is 1. The standard InChI is InChI=1S/C13H20BrNS/c1-10(15-9-13(2,3)16-4)11-5-7-12(14)8-6-11/h5-8,10,15H,9H2,1-4H3. The minimum absolute atomic E-state index is 0.295. The fourth-order valence-electron chi connectivity index (χ4n) is 1.34. The molecule has 1 aromatic carbocycles. The Labute approximate surface area is 112 Å². The van der Waals surface area contributed by atoms with Gasteiger partial charge in [-0.3, -0.25) is 0 Å². The third-order valence-electron chi connectivity index (χ3n) is 2.76. The Balaban J connectivity index is 2.53. The third kappa shape index (κ3) is 4.48. The van der Waals surface area contributed by atoms with E-state index in [4.69, 9.17) is 0 Å². The Kier molecular flexibility index (Phi) is 5.35. The normalized spacial score (nSPS) is 13.8. The van der Waals surface area contributed by atoms with Gasteiger partial charge >= 0.3 is 0 Å². The second-order valence-electron chi connectivity index (χ2n) is 4.62. The van der Waals surface area contributed by atoms with Crippen LogP contribution in [0, 0.1) is 0 Å². The van der Waals surface area contributed by atoms with Crippen LogP contribution in [0.2, 0.25) is 0 Å². The fourth-order valence-corrected chi connectivity index (χ4v) is 1.83. The third-order valence-corrected chi connectivity index (χ3v) is 4.53. The molecular weight excluding hydrogens is 282 g/mol. The van der Waals surface area contributed by atoms with Crippen molar-refractivity contribution < 1.29 is 0 Å². The van der Waals surface area contributed by atoms with Gasteiger partial charge in [-0.1, -0.05) is 28.1 Å². The first-order chi connectivity index (χ1) is 7.44. The second-order valence-corrected chi connectivity index (χ2v) is 7.05. The van der Waals surface area contributed by atoms with Crippen LogP contribution in [0.15, 0.2) is 28.7 Å². The summed E-state index contributed by atoms with van der Waals surface area (Å²) in [6.45, 7) is 7.75. The quantitative estimate of drug-likeness (QED) is 0.873. The number of nitrogens with one attached hydrogen (secondary N) is 1. The van der Waals surface area contributed by atoms with Gasteiger partial charge in [-0.25, -0.2) is 0 Å². The molecule has 1 nitrogen and oxygen atoms in total. The lowest BCUT2D eigenvalue weighted by molar-refractivity contribution is 0.522. The van der Waals surface area contributed by atoms with E-state index in [1.807, 2.05) is 11.8 Å². The van der Waals surface area contributed by atoms with Crippen molar-refractivity contribution in [2.75, 3.05) is 12.8 Å². The summed E-state index contributed by atoms with van der Waals surface area (Å²) in [4.78, 5) is 0. The van der Waals surface area contributed by atoms with Gasteiger partial charge in [0.25, 0.3) is 0 Å². The topological polar surface area (TPSA) is 12.0 Å². The van der Waals surface area contributed by atoms with E-state index in [1.165, 1.54) is 5.56 Å². The van der Waals surface area contributed by atoms with E-state index in [0.29, 0.717) is 10.8 Å². The highest BCUT2D eigenvalue weighted by atomic mass is 79.9. The summed E-state index contributed by atoms with van der Waals surface area (Å²) in [7, 11) is 0. The molecule has 16 heavy (non-hydrogen) atoms. The van der Waals surface area contributed by atoms with Crippen molar-refractivity contribution in [3.05, 3.63) is 34.3 Å². The molecule has 1 unspecified atom stereocenters. The molecule has 0 heterocycles. The molecule has 0 amide bonds. The minimum atomic E-state index is 0.295. The molecule has 0 aromatic heterocycles. The van der Waals surface area contributed by atoms with Crippen LogP contribution in [-0.2, 0) is 0 Å². The molecule has 0 bridgehead atoms. The van der Waals surface area contributed by atoms with Crippen molar-refractivity contribution >= 4 is 27.7 Å². The van der Waals surface area contributed by atoms with Crippen LogP contribution in [0.1, 0.15) is 32.4 Å². The Hall–Kier alpha value is 0.01000. The van der Waals surface area contributed by atoms with Crippen molar-refractivity contribution in [1.29, 1.82) is 0 Å². The summed E-state index contributed by atoms with van der Waals surface area (Å²) < 4.78 is 1.43. The Bertz CT molecular complexity index is 321. The van der Waals surface area contributed by atoms with E-state index in [2.05, 4.69) is 72.5 Å². The Morgan fingerprint density at radius 2 is 1.88 bits per heavy atom. The van der Waals surface area contributed by atoms with Gasteiger partial charge in [0.15, 0.2) is 0 Å². The summed E-state index contributed by atoms with van der Waals surface area (Å²) in [5.74, 6) is 0. The average Bonchev–Trinajstić information content (AvgIpc) is 2.27. The van der Waals surface area contributed by atoms with Crippen molar-refractivity contribution in [3.63, 3.8) is 0 Å². The molecule has 0 aliphatic heterocycles. The van der Waals surface area contributed by atoms with Gasteiger partial charge < -0.3 is 5.32 Å². The van der Waals surface area contributed by atoms with Gasteiger partial charge in [-0.05, 0) is 44.7 Å². The van der Waals surface area contributed by atoms with Crippen LogP contribution in [0.3, 0.4) is 0 Å². The first-order valence-electron chi connectivity index (χ1n) is 5.48. The molecule has 0 saturated carbocycles. The van der Waals surface area contributed by atoms with E-state index in [0.717, 1.165) is 11.0 Å². The number of halogens is 1. The van der Waals surface area contributed by atoms with E-state index in [9.17, 15) is 0 Å². The van der Waals surface area contributed by atoms with E-state index in [-0.39, 0.29) is 0 Å². The minimum Gasteiger partial charge on any atom is -0.309 e. The molecular formula is C13H20BrNS. The van der Waals surface area contributed by atoms with Crippen LogP contribution in [0.5, 0.6) is 0 Å². The van der Waals surface area contributed by atoms with Gasteiger partial charge in [0, 0.05) is 21.8 Å². The fraction of sp³-hybridized carbons (Fsp3) is 0.538. The highest BCUT2D eigenvalue weighted by Crippen LogP contribution is 2.22. The van der Waals surface area contributed by atoms with Gasteiger partial charge in [-0.15, -0.1) is 0 Å². The Morgan fingerprint density at radius 3 is 2.38 bits per heavy atom. The molecule has 3 heteroatoms. The predicted molar refractivity (Wildman–Crippen MR) is 78.2 cm³/mol. The molecule has 0 spiro atoms. The second kappa shape index (κ2) is 6.08. The van der Waals surface area contributed by atoms with Crippen LogP contribution in [0.4, 0.5) is 0 Å². The maximum Gasteiger partial charge on any atom is 0.0292 e. The molecule has 0 aliphatic rings. The molecule has 0 saturated heterocycles. The first kappa shape index (κ1) is 14.1. The lowest BCUT2D eigenvalue weighted by Crippen LogP contribution is -2.33. The Morgan fingerprint density at radius 1 is 1.31 bits per heavy atom. The van der Waals surface area contributed by atoms with Gasteiger partial charge in [0.05, 0.1) is 0 Å². The molecule has 0 fully saturated rings. The number of rotatable bonds is 5. The van der Waals surface area contributed by atoms with Crippen LogP contribution < -0.4 is 5.32 Å². The number of hydrogen-bond acceptors (Lipinski definition) is 2. The van der Waals surface area contributed by atoms with E-state index < -0.39 is 0 Å². The molecule has 1 aromatic rings. The smallest absolute Gasteiger partial charge is 0.0292 e. The average molecular weight is 302 g/mol. The molecule has 0 aliphatic carbocycles. The van der Waals surface area contributed by atoms with Crippen molar-refractivity contribution in [2.45, 2.75) is 31.6 Å². The largest absolute Gasteiger partial charge is 0.309 e. The highest BCUT2D eigenvalue weighted by Gasteiger charge is 2.16. The van der Waals surface area contributed by atoms with Crippen LogP contribution in [0.25, 0.3) is 0 Å². The van der Waals surface area contributed by atoms with E-state index >= 15 is 0 Å². The summed E-state index contributed by atoms with van der Waals surface area (Å²) >= 11 is 5.35. The zero-order valence-corrected chi connectivity index (χ0v) is 12.8. The van der Waals surface area contributed by atoms with Crippen molar-refractivity contribution in [1.82, 2.24) is 5.32 Å². The summed E-state index contributed by atoms with van der Waals surface area (Å²) in [5, 5.41) is 3.57. The highest BCUT2D eigenvalue weighted by molar-refractivity contribution is 9.10. The first-order valence-corrected chi connectivity index (χ1v) is 7.50. The van der Waals surface area contributed by atoms with E-state index in [1.54, 1.807) is 0 Å². The maximum absolute atomic E-state index is 3.57.